The molecule has 110 valence electrons. The van der Waals surface area contributed by atoms with E-state index >= 15 is 0 Å². The van der Waals surface area contributed by atoms with Crippen molar-refractivity contribution in [2.24, 2.45) is 0 Å². The van der Waals surface area contributed by atoms with Gasteiger partial charge in [-0.05, 0) is 32.0 Å². The van der Waals surface area contributed by atoms with Crippen molar-refractivity contribution in [2.45, 2.75) is 39.9 Å². The molecule has 0 fully saturated rings. The second kappa shape index (κ2) is 13.5. The largest absolute Gasteiger partial charge is 0.356 e. The first kappa shape index (κ1) is 18.1. The summed E-state index contributed by atoms with van der Waals surface area (Å²) < 4.78 is 10.4. The molecule has 1 aromatic carbocycles. The molecular formula is C16H29NO2. The van der Waals surface area contributed by atoms with Crippen LogP contribution in [0, 0.1) is 0 Å². The molecule has 0 saturated carbocycles. The fourth-order valence-corrected chi connectivity index (χ4v) is 1.57. The Hall–Kier alpha value is -0.900. The molecule has 0 radical (unpaired) electrons. The van der Waals surface area contributed by atoms with E-state index in [1.165, 1.54) is 5.56 Å². The monoisotopic (exact) mass is 267 g/mol. The summed E-state index contributed by atoms with van der Waals surface area (Å²) in [6.07, 6.45) is 2.01. The highest BCUT2D eigenvalue weighted by Crippen LogP contribution is 1.97. The Kier molecular flexibility index (Phi) is 12.9. The Morgan fingerprint density at radius 3 is 2.21 bits per heavy atom. The van der Waals surface area contributed by atoms with Crippen molar-refractivity contribution >= 4 is 0 Å². The fraction of sp³-hybridized carbons (Fsp3) is 0.625. The van der Waals surface area contributed by atoms with Crippen molar-refractivity contribution in [2.75, 3.05) is 26.8 Å². The van der Waals surface area contributed by atoms with Gasteiger partial charge in [0.1, 0.15) is 0 Å². The minimum atomic E-state index is -0.0425. The van der Waals surface area contributed by atoms with Crippen LogP contribution in [-0.4, -0.2) is 33.1 Å². The van der Waals surface area contributed by atoms with Crippen LogP contribution in [0.1, 0.15) is 32.8 Å². The molecule has 3 heteroatoms. The highest BCUT2D eigenvalue weighted by atomic mass is 16.7. The third kappa shape index (κ3) is 10.7. The van der Waals surface area contributed by atoms with E-state index in [1.807, 2.05) is 13.0 Å². The molecule has 0 amide bonds. The topological polar surface area (TPSA) is 30.5 Å². The van der Waals surface area contributed by atoms with E-state index in [4.69, 9.17) is 9.47 Å². The van der Waals surface area contributed by atoms with Gasteiger partial charge in [-0.15, -0.1) is 0 Å². The van der Waals surface area contributed by atoms with Gasteiger partial charge in [-0.2, -0.15) is 0 Å². The SMILES string of the molecule is CCNCCC(OC)OCC.CCc1ccccc1. The average molecular weight is 267 g/mol. The van der Waals surface area contributed by atoms with Crippen molar-refractivity contribution in [1.82, 2.24) is 5.32 Å². The van der Waals surface area contributed by atoms with Crippen LogP contribution in [-0.2, 0) is 15.9 Å². The van der Waals surface area contributed by atoms with E-state index in [-0.39, 0.29) is 6.29 Å². The molecule has 1 aromatic rings. The van der Waals surface area contributed by atoms with E-state index in [2.05, 4.69) is 43.4 Å². The molecule has 0 aliphatic rings. The van der Waals surface area contributed by atoms with Crippen LogP contribution in [0.25, 0.3) is 0 Å². The zero-order valence-electron chi connectivity index (χ0n) is 12.8. The van der Waals surface area contributed by atoms with Crippen LogP contribution < -0.4 is 5.32 Å². The Morgan fingerprint density at radius 2 is 1.79 bits per heavy atom. The van der Waals surface area contributed by atoms with Gasteiger partial charge < -0.3 is 14.8 Å². The van der Waals surface area contributed by atoms with Crippen molar-refractivity contribution in [1.29, 1.82) is 0 Å². The number of ether oxygens (including phenoxy) is 2. The fourth-order valence-electron chi connectivity index (χ4n) is 1.57. The Labute approximate surface area is 118 Å². The van der Waals surface area contributed by atoms with Gasteiger partial charge in [-0.25, -0.2) is 0 Å². The molecule has 0 aliphatic carbocycles. The molecule has 1 N–H and O–H groups in total. The maximum atomic E-state index is 5.28. The van der Waals surface area contributed by atoms with Gasteiger partial charge in [0.15, 0.2) is 6.29 Å². The minimum absolute atomic E-state index is 0.0425. The summed E-state index contributed by atoms with van der Waals surface area (Å²) in [5.74, 6) is 0. The molecular weight excluding hydrogens is 238 g/mol. The molecule has 19 heavy (non-hydrogen) atoms. The first-order valence-corrected chi connectivity index (χ1v) is 7.17. The van der Waals surface area contributed by atoms with Gasteiger partial charge in [-0.1, -0.05) is 44.2 Å². The number of hydrogen-bond donors (Lipinski definition) is 1. The molecule has 1 unspecified atom stereocenters. The predicted molar refractivity (Wildman–Crippen MR) is 81.4 cm³/mol. The summed E-state index contributed by atoms with van der Waals surface area (Å²) in [6, 6.07) is 10.5. The minimum Gasteiger partial charge on any atom is -0.356 e. The second-order valence-electron chi connectivity index (χ2n) is 4.10. The average Bonchev–Trinajstić information content (AvgIpc) is 2.48. The second-order valence-corrected chi connectivity index (χ2v) is 4.10. The molecule has 0 aliphatic heterocycles. The summed E-state index contributed by atoms with van der Waals surface area (Å²) in [5, 5.41) is 3.21. The Bertz CT molecular complexity index is 277. The number of aryl methyl sites for hydroxylation is 1. The maximum Gasteiger partial charge on any atom is 0.158 e. The number of hydrogen-bond acceptors (Lipinski definition) is 3. The smallest absolute Gasteiger partial charge is 0.158 e. The van der Waals surface area contributed by atoms with E-state index < -0.39 is 0 Å². The van der Waals surface area contributed by atoms with Gasteiger partial charge in [0, 0.05) is 20.1 Å². The lowest BCUT2D eigenvalue weighted by atomic mass is 10.2. The summed E-state index contributed by atoms with van der Waals surface area (Å²) in [5.41, 5.74) is 1.41. The number of benzene rings is 1. The van der Waals surface area contributed by atoms with E-state index in [9.17, 15) is 0 Å². The highest BCUT2D eigenvalue weighted by Gasteiger charge is 2.03. The lowest BCUT2D eigenvalue weighted by Gasteiger charge is -2.14. The van der Waals surface area contributed by atoms with Gasteiger partial charge in [0.05, 0.1) is 0 Å². The molecule has 0 heterocycles. The third-order valence-electron chi connectivity index (χ3n) is 2.67. The normalized spacial score (nSPS) is 11.6. The van der Waals surface area contributed by atoms with E-state index in [0.29, 0.717) is 6.61 Å². The zero-order chi connectivity index (χ0) is 14.3. The molecule has 3 nitrogen and oxygen atoms in total. The van der Waals surface area contributed by atoms with Gasteiger partial charge in [0.2, 0.25) is 0 Å². The van der Waals surface area contributed by atoms with E-state index in [1.54, 1.807) is 7.11 Å². The number of nitrogens with one attached hydrogen (secondary N) is 1. The first-order chi connectivity index (χ1) is 9.28. The first-order valence-electron chi connectivity index (χ1n) is 7.17. The van der Waals surface area contributed by atoms with Crippen LogP contribution >= 0.6 is 0 Å². The van der Waals surface area contributed by atoms with Crippen molar-refractivity contribution in [3.63, 3.8) is 0 Å². The molecule has 0 saturated heterocycles. The van der Waals surface area contributed by atoms with Gasteiger partial charge in [0.25, 0.3) is 0 Å². The Morgan fingerprint density at radius 1 is 1.11 bits per heavy atom. The maximum absolute atomic E-state index is 5.28. The highest BCUT2D eigenvalue weighted by molar-refractivity contribution is 5.13. The van der Waals surface area contributed by atoms with Gasteiger partial charge in [-0.3, -0.25) is 0 Å². The van der Waals surface area contributed by atoms with Crippen molar-refractivity contribution < 1.29 is 9.47 Å². The molecule has 0 spiro atoms. The number of rotatable bonds is 8. The molecule has 0 bridgehead atoms. The van der Waals surface area contributed by atoms with Gasteiger partial charge >= 0.3 is 0 Å². The molecule has 1 atom stereocenters. The van der Waals surface area contributed by atoms with Crippen LogP contribution in [0.4, 0.5) is 0 Å². The van der Waals surface area contributed by atoms with Crippen LogP contribution in [0.5, 0.6) is 0 Å². The lowest BCUT2D eigenvalue weighted by molar-refractivity contribution is -0.122. The van der Waals surface area contributed by atoms with Crippen LogP contribution in [0.15, 0.2) is 30.3 Å². The zero-order valence-corrected chi connectivity index (χ0v) is 12.8. The summed E-state index contributed by atoms with van der Waals surface area (Å²) in [4.78, 5) is 0. The third-order valence-corrected chi connectivity index (χ3v) is 2.67. The quantitative estimate of drug-likeness (QED) is 0.579. The van der Waals surface area contributed by atoms with Crippen LogP contribution in [0.2, 0.25) is 0 Å². The standard InChI is InChI=1S/C8H19NO2.C8H10/c1-4-9-7-6-8(10-3)11-5-2;1-2-8-6-4-3-5-7-8/h8-9H,4-7H2,1-3H3;3-7H,2H2,1H3. The Balaban J connectivity index is 0.000000356. The summed E-state index contributed by atoms with van der Waals surface area (Å²) >= 11 is 0. The summed E-state index contributed by atoms with van der Waals surface area (Å²) in [7, 11) is 1.67. The van der Waals surface area contributed by atoms with Crippen molar-refractivity contribution in [3.8, 4) is 0 Å². The predicted octanol–water partition coefficient (Wildman–Crippen LogP) is 3.24. The van der Waals surface area contributed by atoms with Crippen molar-refractivity contribution in [3.05, 3.63) is 35.9 Å². The van der Waals surface area contributed by atoms with Crippen LogP contribution in [0.3, 0.4) is 0 Å². The molecule has 1 rings (SSSR count). The summed E-state index contributed by atoms with van der Waals surface area (Å²) in [6.45, 7) is 8.89. The van der Waals surface area contributed by atoms with E-state index in [0.717, 1.165) is 25.9 Å². The number of methoxy groups -OCH3 is 1. The molecule has 0 aromatic heterocycles. The lowest BCUT2D eigenvalue weighted by Crippen LogP contribution is -2.23.